The average Bonchev–Trinajstić information content (AvgIpc) is 2.96. The molecule has 0 spiro atoms. The molecule has 2 amide bonds. The van der Waals surface area contributed by atoms with E-state index in [0.717, 1.165) is 12.0 Å². The van der Waals surface area contributed by atoms with Gasteiger partial charge in [-0.2, -0.15) is 0 Å². The number of methoxy groups -OCH3 is 1. The summed E-state index contributed by atoms with van der Waals surface area (Å²) in [7, 11) is 1.31. The Morgan fingerprint density at radius 2 is 2.00 bits per heavy atom. The molecule has 1 aromatic carbocycles. The van der Waals surface area contributed by atoms with Crippen molar-refractivity contribution in [3.8, 4) is 0 Å². The highest BCUT2D eigenvalue weighted by molar-refractivity contribution is 5.93. The molecule has 0 aliphatic carbocycles. The molecule has 1 fully saturated rings. The predicted molar refractivity (Wildman–Crippen MR) is 93.4 cm³/mol. The van der Waals surface area contributed by atoms with Crippen LogP contribution in [0.25, 0.3) is 0 Å². The van der Waals surface area contributed by atoms with E-state index in [1.807, 2.05) is 37.3 Å². The molecule has 1 heterocycles. The molecule has 1 aliphatic heterocycles. The number of hydrogen-bond acceptors (Lipinski definition) is 4. The van der Waals surface area contributed by atoms with Crippen LogP contribution >= 0.6 is 0 Å². The number of esters is 1. The molecule has 1 aromatic rings. The van der Waals surface area contributed by atoms with E-state index in [9.17, 15) is 14.4 Å². The van der Waals surface area contributed by atoms with Gasteiger partial charge in [0.2, 0.25) is 11.8 Å². The van der Waals surface area contributed by atoms with Crippen LogP contribution in [-0.4, -0.2) is 41.9 Å². The minimum atomic E-state index is -1.06. The fraction of sp³-hybridized carbons (Fsp3) is 0.526. The average molecular weight is 346 g/mol. The number of carbonyl (C=O) groups is 3. The lowest BCUT2D eigenvalue weighted by Crippen LogP contribution is -2.54. The van der Waals surface area contributed by atoms with Gasteiger partial charge in [-0.1, -0.05) is 43.7 Å². The van der Waals surface area contributed by atoms with Crippen molar-refractivity contribution in [1.82, 2.24) is 10.2 Å². The molecule has 6 nitrogen and oxygen atoms in total. The van der Waals surface area contributed by atoms with Crippen molar-refractivity contribution in [2.24, 2.45) is 5.92 Å². The first-order valence-corrected chi connectivity index (χ1v) is 8.61. The molecular formula is C19H26N2O4. The summed E-state index contributed by atoms with van der Waals surface area (Å²) in [6.45, 7) is 4.46. The van der Waals surface area contributed by atoms with Crippen LogP contribution in [0.1, 0.15) is 38.7 Å². The molecule has 136 valence electrons. The summed E-state index contributed by atoms with van der Waals surface area (Å²) in [5.74, 6) is -1.23. The zero-order valence-corrected chi connectivity index (χ0v) is 15.1. The number of ether oxygens (including phenoxy) is 1. The number of carbonyl (C=O) groups excluding carboxylic acids is 3. The Labute approximate surface area is 148 Å². The van der Waals surface area contributed by atoms with Crippen molar-refractivity contribution in [1.29, 1.82) is 0 Å². The number of nitrogens with zero attached hydrogens (tertiary/aromatic N) is 1. The Bertz CT molecular complexity index is 632. The monoisotopic (exact) mass is 346 g/mol. The molecule has 1 aliphatic rings. The van der Waals surface area contributed by atoms with Crippen molar-refractivity contribution >= 4 is 17.8 Å². The van der Waals surface area contributed by atoms with E-state index in [4.69, 9.17) is 4.74 Å². The fourth-order valence-corrected chi connectivity index (χ4v) is 3.22. The van der Waals surface area contributed by atoms with E-state index in [2.05, 4.69) is 5.32 Å². The lowest BCUT2D eigenvalue weighted by atomic mass is 9.94. The molecule has 0 aromatic heterocycles. The first-order valence-electron chi connectivity index (χ1n) is 8.61. The number of rotatable bonds is 7. The summed E-state index contributed by atoms with van der Waals surface area (Å²) in [5, 5.41) is 2.80. The van der Waals surface area contributed by atoms with Crippen molar-refractivity contribution in [2.75, 3.05) is 13.7 Å². The minimum Gasteiger partial charge on any atom is -0.467 e. The molecule has 1 saturated heterocycles. The summed E-state index contributed by atoms with van der Waals surface area (Å²) in [6.07, 6.45) is 1.39. The molecule has 2 rings (SSSR count). The Balaban J connectivity index is 2.00. The Hall–Kier alpha value is -2.37. The maximum absolute atomic E-state index is 12.6. The highest BCUT2D eigenvalue weighted by Gasteiger charge is 2.40. The normalized spacial score (nSPS) is 19.4. The van der Waals surface area contributed by atoms with E-state index >= 15 is 0 Å². The van der Waals surface area contributed by atoms with Crippen LogP contribution in [0, 0.1) is 5.92 Å². The van der Waals surface area contributed by atoms with Gasteiger partial charge in [-0.15, -0.1) is 0 Å². The van der Waals surface area contributed by atoms with Gasteiger partial charge < -0.3 is 15.0 Å². The van der Waals surface area contributed by atoms with Gasteiger partial charge in [0, 0.05) is 19.5 Å². The first kappa shape index (κ1) is 19.0. The van der Waals surface area contributed by atoms with Gasteiger partial charge in [-0.25, -0.2) is 4.79 Å². The second-order valence-corrected chi connectivity index (χ2v) is 6.72. The number of benzene rings is 1. The van der Waals surface area contributed by atoms with E-state index in [-0.39, 0.29) is 18.2 Å². The van der Waals surface area contributed by atoms with Gasteiger partial charge in [0.05, 0.1) is 13.0 Å². The number of nitrogens with one attached hydrogen (secondary N) is 1. The van der Waals surface area contributed by atoms with Crippen LogP contribution in [-0.2, 0) is 25.7 Å². The quantitative estimate of drug-likeness (QED) is 0.765. The molecule has 0 saturated carbocycles. The van der Waals surface area contributed by atoms with Gasteiger partial charge in [-0.05, 0) is 18.9 Å². The molecule has 2 atom stereocenters. The number of likely N-dealkylation sites (tertiary alicyclic amines) is 1. The second-order valence-electron chi connectivity index (χ2n) is 6.72. The Kier molecular flexibility index (Phi) is 6.17. The zero-order valence-electron chi connectivity index (χ0n) is 15.1. The first-order chi connectivity index (χ1) is 11.9. The maximum Gasteiger partial charge on any atom is 0.331 e. The third kappa shape index (κ3) is 4.59. The number of hydrogen-bond donors (Lipinski definition) is 1. The molecule has 6 heteroatoms. The zero-order chi connectivity index (χ0) is 18.4. The minimum absolute atomic E-state index is 0.0423. The summed E-state index contributed by atoms with van der Waals surface area (Å²) in [4.78, 5) is 38.6. The third-order valence-corrected chi connectivity index (χ3v) is 4.59. The van der Waals surface area contributed by atoms with Crippen LogP contribution in [0.2, 0.25) is 0 Å². The van der Waals surface area contributed by atoms with Gasteiger partial charge >= 0.3 is 5.97 Å². The van der Waals surface area contributed by atoms with Gasteiger partial charge in [0.15, 0.2) is 0 Å². The highest BCUT2D eigenvalue weighted by atomic mass is 16.5. The lowest BCUT2D eigenvalue weighted by Gasteiger charge is -2.28. The standard InChI is InChI=1S/C19H26N2O4/c1-4-10-19(2,18(24)25-3)20-17(23)15-11-16(22)21(13-15)12-14-8-6-5-7-9-14/h5-9,15H,4,10-13H2,1-3H3,(H,20,23). The highest BCUT2D eigenvalue weighted by Crippen LogP contribution is 2.22. The van der Waals surface area contributed by atoms with Gasteiger partial charge in [-0.3, -0.25) is 9.59 Å². The van der Waals surface area contributed by atoms with Gasteiger partial charge in [0.25, 0.3) is 0 Å². The summed E-state index contributed by atoms with van der Waals surface area (Å²) in [6, 6.07) is 9.68. The predicted octanol–water partition coefficient (Wildman–Crippen LogP) is 1.88. The van der Waals surface area contributed by atoms with Crippen LogP contribution in [0.3, 0.4) is 0 Å². The fourth-order valence-electron chi connectivity index (χ4n) is 3.22. The second kappa shape index (κ2) is 8.14. The van der Waals surface area contributed by atoms with E-state index in [1.165, 1.54) is 7.11 Å². The molecule has 0 radical (unpaired) electrons. The smallest absolute Gasteiger partial charge is 0.331 e. The number of amides is 2. The van der Waals surface area contributed by atoms with Gasteiger partial charge in [0.1, 0.15) is 5.54 Å². The molecular weight excluding hydrogens is 320 g/mol. The molecule has 1 N–H and O–H groups in total. The van der Waals surface area contributed by atoms with Crippen molar-refractivity contribution in [2.45, 2.75) is 45.2 Å². The Morgan fingerprint density at radius 1 is 1.32 bits per heavy atom. The molecule has 2 unspecified atom stereocenters. The summed E-state index contributed by atoms with van der Waals surface area (Å²) >= 11 is 0. The van der Waals surface area contributed by atoms with E-state index in [0.29, 0.717) is 19.5 Å². The SMILES string of the molecule is CCCC(C)(NC(=O)C1CC(=O)N(Cc2ccccc2)C1)C(=O)OC. The lowest BCUT2D eigenvalue weighted by molar-refractivity contribution is -0.151. The topological polar surface area (TPSA) is 75.7 Å². The third-order valence-electron chi connectivity index (χ3n) is 4.59. The van der Waals surface area contributed by atoms with Crippen LogP contribution < -0.4 is 5.32 Å². The molecule has 25 heavy (non-hydrogen) atoms. The van der Waals surface area contributed by atoms with E-state index < -0.39 is 17.4 Å². The summed E-state index contributed by atoms with van der Waals surface area (Å²) < 4.78 is 4.82. The van der Waals surface area contributed by atoms with E-state index in [1.54, 1.807) is 11.8 Å². The molecule has 0 bridgehead atoms. The van der Waals surface area contributed by atoms with Crippen molar-refractivity contribution in [3.05, 3.63) is 35.9 Å². The van der Waals surface area contributed by atoms with Crippen molar-refractivity contribution in [3.63, 3.8) is 0 Å². The largest absolute Gasteiger partial charge is 0.467 e. The van der Waals surface area contributed by atoms with Crippen LogP contribution in [0.15, 0.2) is 30.3 Å². The summed E-state index contributed by atoms with van der Waals surface area (Å²) in [5.41, 5.74) is -0.0291. The Morgan fingerprint density at radius 3 is 2.60 bits per heavy atom. The van der Waals surface area contributed by atoms with Crippen LogP contribution in [0.4, 0.5) is 0 Å². The van der Waals surface area contributed by atoms with Crippen molar-refractivity contribution < 1.29 is 19.1 Å². The maximum atomic E-state index is 12.6. The van der Waals surface area contributed by atoms with Crippen LogP contribution in [0.5, 0.6) is 0 Å².